The van der Waals surface area contributed by atoms with Gasteiger partial charge >= 0.3 is 5.97 Å². The van der Waals surface area contributed by atoms with Crippen molar-refractivity contribution in [3.05, 3.63) is 83.1 Å². The van der Waals surface area contributed by atoms with Crippen molar-refractivity contribution in [2.24, 2.45) is 5.73 Å². The first-order valence-corrected chi connectivity index (χ1v) is 10.2. The van der Waals surface area contributed by atoms with E-state index in [1.54, 1.807) is 47.1 Å². The Kier molecular flexibility index (Phi) is 6.16. The summed E-state index contributed by atoms with van der Waals surface area (Å²) in [5, 5.41) is 17.0. The molecule has 4 N–H and O–H groups in total. The van der Waals surface area contributed by atoms with Crippen LogP contribution in [0.2, 0.25) is 5.02 Å². The number of aliphatic carboxylic acids is 1. The van der Waals surface area contributed by atoms with E-state index in [0.717, 1.165) is 16.8 Å². The summed E-state index contributed by atoms with van der Waals surface area (Å²) in [5.74, 6) is -1.31. The molecule has 0 aliphatic heterocycles. The molecule has 4 rings (SSSR count). The number of amides is 1. The summed E-state index contributed by atoms with van der Waals surface area (Å²) in [6, 6.07) is 17.0. The van der Waals surface area contributed by atoms with E-state index in [4.69, 9.17) is 22.4 Å². The standard InChI is InChI=1S/C23H20ClN5O3/c24-16-6-4-15(5-7-16)20-8-9-21-26-18(13-29(21)28-20)12-22(30)27-17-3-1-2-14(10-17)11-19(25)23(31)32/h1-10,13,19H,11-12,25H2,(H,27,30)(H,31,32)/t19-/m0/s1. The Morgan fingerprint density at radius 3 is 2.66 bits per heavy atom. The van der Waals surface area contributed by atoms with E-state index < -0.39 is 12.0 Å². The molecule has 1 amide bonds. The number of halogens is 1. The molecule has 0 aliphatic carbocycles. The lowest BCUT2D eigenvalue weighted by Crippen LogP contribution is -2.32. The topological polar surface area (TPSA) is 123 Å². The number of anilines is 1. The second-order valence-corrected chi connectivity index (χ2v) is 7.77. The number of carboxylic acids is 1. The highest BCUT2D eigenvalue weighted by atomic mass is 35.5. The minimum atomic E-state index is -1.07. The molecule has 0 unspecified atom stereocenters. The van der Waals surface area contributed by atoms with Crippen molar-refractivity contribution in [2.75, 3.05) is 5.32 Å². The van der Waals surface area contributed by atoms with Gasteiger partial charge in [-0.05, 0) is 48.4 Å². The number of nitrogens with two attached hydrogens (primary N) is 1. The minimum absolute atomic E-state index is 0.0680. The van der Waals surface area contributed by atoms with E-state index in [2.05, 4.69) is 15.4 Å². The molecule has 0 aliphatic rings. The lowest BCUT2D eigenvalue weighted by Gasteiger charge is -2.09. The second-order valence-electron chi connectivity index (χ2n) is 7.33. The Hall–Kier alpha value is -3.75. The number of aromatic nitrogens is 3. The van der Waals surface area contributed by atoms with Crippen LogP contribution in [-0.4, -0.2) is 37.6 Å². The van der Waals surface area contributed by atoms with Crippen molar-refractivity contribution in [3.8, 4) is 11.3 Å². The number of carbonyl (C=O) groups excluding carboxylic acids is 1. The zero-order valence-corrected chi connectivity index (χ0v) is 17.7. The van der Waals surface area contributed by atoms with Gasteiger partial charge in [-0.1, -0.05) is 35.9 Å². The van der Waals surface area contributed by atoms with Crippen molar-refractivity contribution in [1.82, 2.24) is 14.6 Å². The number of carbonyl (C=O) groups is 2. The van der Waals surface area contributed by atoms with Gasteiger partial charge in [-0.15, -0.1) is 0 Å². The van der Waals surface area contributed by atoms with Crippen LogP contribution in [0.5, 0.6) is 0 Å². The molecular weight excluding hydrogens is 430 g/mol. The summed E-state index contributed by atoms with van der Waals surface area (Å²) in [7, 11) is 0. The molecule has 8 nitrogen and oxygen atoms in total. The quantitative estimate of drug-likeness (QED) is 0.398. The van der Waals surface area contributed by atoms with Gasteiger partial charge in [-0.2, -0.15) is 5.10 Å². The normalized spacial score (nSPS) is 11.9. The smallest absolute Gasteiger partial charge is 0.320 e. The van der Waals surface area contributed by atoms with E-state index in [1.807, 2.05) is 24.3 Å². The SMILES string of the molecule is N[C@@H](Cc1cccc(NC(=O)Cc2cn3nc(-c4ccc(Cl)cc4)ccc3n2)c1)C(=O)O. The molecule has 162 valence electrons. The van der Waals surface area contributed by atoms with Crippen LogP contribution in [0.15, 0.2) is 66.9 Å². The molecule has 1 atom stereocenters. The second kappa shape index (κ2) is 9.17. The van der Waals surface area contributed by atoms with Crippen LogP contribution in [-0.2, 0) is 22.4 Å². The lowest BCUT2D eigenvalue weighted by molar-refractivity contribution is -0.138. The van der Waals surface area contributed by atoms with Gasteiger partial charge in [0.15, 0.2) is 5.65 Å². The maximum atomic E-state index is 12.5. The Labute approximate surface area is 188 Å². The molecule has 4 aromatic rings. The number of imidazole rings is 1. The highest BCUT2D eigenvalue weighted by Gasteiger charge is 2.13. The molecule has 0 fully saturated rings. The molecule has 2 aromatic heterocycles. The Balaban J connectivity index is 1.45. The van der Waals surface area contributed by atoms with E-state index in [0.29, 0.717) is 22.1 Å². The molecule has 0 spiro atoms. The van der Waals surface area contributed by atoms with E-state index >= 15 is 0 Å². The summed E-state index contributed by atoms with van der Waals surface area (Å²) in [4.78, 5) is 27.9. The summed E-state index contributed by atoms with van der Waals surface area (Å²) < 4.78 is 1.64. The van der Waals surface area contributed by atoms with Gasteiger partial charge in [0, 0.05) is 16.3 Å². The number of benzene rings is 2. The number of nitrogens with one attached hydrogen (secondary N) is 1. The monoisotopic (exact) mass is 449 g/mol. The molecule has 0 radical (unpaired) electrons. The predicted octanol–water partition coefficient (Wildman–Crippen LogP) is 3.19. The third-order valence-corrected chi connectivity index (χ3v) is 5.09. The van der Waals surface area contributed by atoms with Gasteiger partial charge in [-0.3, -0.25) is 9.59 Å². The zero-order valence-electron chi connectivity index (χ0n) is 16.9. The average Bonchev–Trinajstić information content (AvgIpc) is 3.15. The van der Waals surface area contributed by atoms with Crippen LogP contribution in [0, 0.1) is 0 Å². The molecule has 2 aromatic carbocycles. The fourth-order valence-electron chi connectivity index (χ4n) is 3.28. The van der Waals surface area contributed by atoms with Crippen molar-refractivity contribution in [2.45, 2.75) is 18.9 Å². The van der Waals surface area contributed by atoms with Gasteiger partial charge in [0.25, 0.3) is 0 Å². The molecule has 0 saturated heterocycles. The van der Waals surface area contributed by atoms with Gasteiger partial charge in [0.05, 0.1) is 24.0 Å². The van der Waals surface area contributed by atoms with Crippen LogP contribution in [0.3, 0.4) is 0 Å². The van der Waals surface area contributed by atoms with Gasteiger partial charge < -0.3 is 16.2 Å². The third kappa shape index (κ3) is 5.11. The first kappa shape index (κ1) is 21.5. The fraction of sp³-hybridized carbons (Fsp3) is 0.130. The molecule has 2 heterocycles. The van der Waals surface area contributed by atoms with Crippen molar-refractivity contribution in [1.29, 1.82) is 0 Å². The number of nitrogens with zero attached hydrogens (tertiary/aromatic N) is 3. The lowest BCUT2D eigenvalue weighted by atomic mass is 10.1. The number of carboxylic acid groups (broad SMARTS) is 1. The predicted molar refractivity (Wildman–Crippen MR) is 122 cm³/mol. The Morgan fingerprint density at radius 1 is 1.12 bits per heavy atom. The molecular formula is C23H20ClN5O3. The van der Waals surface area contributed by atoms with Crippen molar-refractivity contribution >= 4 is 34.8 Å². The largest absolute Gasteiger partial charge is 0.480 e. The number of hydrogen-bond acceptors (Lipinski definition) is 5. The van der Waals surface area contributed by atoms with E-state index in [9.17, 15) is 9.59 Å². The number of hydrogen-bond donors (Lipinski definition) is 3. The third-order valence-electron chi connectivity index (χ3n) is 4.84. The van der Waals surface area contributed by atoms with Gasteiger partial charge in [0.1, 0.15) is 6.04 Å². The maximum Gasteiger partial charge on any atom is 0.320 e. The van der Waals surface area contributed by atoms with Crippen LogP contribution < -0.4 is 11.1 Å². The number of fused-ring (bicyclic) bond motifs is 1. The van der Waals surface area contributed by atoms with Crippen LogP contribution >= 0.6 is 11.6 Å². The maximum absolute atomic E-state index is 12.5. The first-order chi connectivity index (χ1) is 15.4. The molecule has 0 saturated carbocycles. The van der Waals surface area contributed by atoms with Crippen molar-refractivity contribution < 1.29 is 14.7 Å². The Bertz CT molecular complexity index is 1290. The summed E-state index contributed by atoms with van der Waals surface area (Å²) in [5.41, 5.74) is 9.77. The van der Waals surface area contributed by atoms with Crippen LogP contribution in [0.4, 0.5) is 5.69 Å². The van der Waals surface area contributed by atoms with Gasteiger partial charge in [-0.25, -0.2) is 9.50 Å². The van der Waals surface area contributed by atoms with Crippen molar-refractivity contribution in [3.63, 3.8) is 0 Å². The molecule has 0 bridgehead atoms. The summed E-state index contributed by atoms with van der Waals surface area (Å²) in [6.07, 6.45) is 1.96. The highest BCUT2D eigenvalue weighted by molar-refractivity contribution is 6.30. The molecule has 9 heteroatoms. The number of rotatable bonds is 7. The van der Waals surface area contributed by atoms with E-state index in [1.165, 1.54) is 0 Å². The van der Waals surface area contributed by atoms with Crippen LogP contribution in [0.1, 0.15) is 11.3 Å². The fourth-order valence-corrected chi connectivity index (χ4v) is 3.40. The summed E-state index contributed by atoms with van der Waals surface area (Å²) in [6.45, 7) is 0. The van der Waals surface area contributed by atoms with E-state index in [-0.39, 0.29) is 18.7 Å². The van der Waals surface area contributed by atoms with Crippen LogP contribution in [0.25, 0.3) is 16.9 Å². The first-order valence-electron chi connectivity index (χ1n) is 9.86. The average molecular weight is 450 g/mol. The highest BCUT2D eigenvalue weighted by Crippen LogP contribution is 2.20. The Morgan fingerprint density at radius 2 is 1.91 bits per heavy atom. The van der Waals surface area contributed by atoms with Gasteiger partial charge in [0.2, 0.25) is 5.91 Å². The zero-order chi connectivity index (χ0) is 22.7. The summed E-state index contributed by atoms with van der Waals surface area (Å²) >= 11 is 5.94. The minimum Gasteiger partial charge on any atom is -0.480 e. The molecule has 32 heavy (non-hydrogen) atoms.